The van der Waals surface area contributed by atoms with Crippen LogP contribution in [0, 0.1) is 5.82 Å². The van der Waals surface area contributed by atoms with Gasteiger partial charge < -0.3 is 10.8 Å². The maximum Gasteiger partial charge on any atom is 0.416 e. The van der Waals surface area contributed by atoms with Gasteiger partial charge >= 0.3 is 6.18 Å². The van der Waals surface area contributed by atoms with Crippen molar-refractivity contribution in [3.8, 4) is 0 Å². The number of nitrogens with two attached hydrogens (primary N) is 1. The molecule has 0 aliphatic heterocycles. The topological polar surface area (TPSA) is 46.2 Å². The summed E-state index contributed by atoms with van der Waals surface area (Å²) in [6.07, 6.45) is -4.68. The maximum atomic E-state index is 13.1. The minimum atomic E-state index is -4.68. The van der Waals surface area contributed by atoms with Crippen LogP contribution in [-0.4, -0.2) is 11.7 Å². The number of hydrogen-bond donors (Lipinski definition) is 2. The molecule has 0 heterocycles. The summed E-state index contributed by atoms with van der Waals surface area (Å²) in [6, 6.07) is 1.18. The summed E-state index contributed by atoms with van der Waals surface area (Å²) in [5.74, 6) is -1.06. The van der Waals surface area contributed by atoms with Crippen molar-refractivity contribution in [3.05, 3.63) is 35.1 Å². The number of benzene rings is 1. The van der Waals surface area contributed by atoms with Crippen molar-refractivity contribution in [2.75, 3.05) is 6.61 Å². The SMILES string of the molecule is Cl.N[C@H](CO)c1c(F)cccc1C(F)(F)F. The van der Waals surface area contributed by atoms with Gasteiger partial charge in [-0.3, -0.25) is 0 Å². The van der Waals surface area contributed by atoms with Crippen molar-refractivity contribution < 1.29 is 22.7 Å². The van der Waals surface area contributed by atoms with Crippen LogP contribution in [0.2, 0.25) is 0 Å². The molecule has 1 aromatic rings. The van der Waals surface area contributed by atoms with Crippen molar-refractivity contribution >= 4 is 12.4 Å². The third kappa shape index (κ3) is 3.07. The van der Waals surface area contributed by atoms with E-state index in [4.69, 9.17) is 10.8 Å². The predicted octanol–water partition coefficient (Wildman–Crippen LogP) is 2.26. The van der Waals surface area contributed by atoms with Gasteiger partial charge in [-0.05, 0) is 12.1 Å². The Morgan fingerprint density at radius 3 is 2.31 bits per heavy atom. The van der Waals surface area contributed by atoms with Crippen LogP contribution in [0.25, 0.3) is 0 Å². The van der Waals surface area contributed by atoms with E-state index in [-0.39, 0.29) is 12.4 Å². The number of alkyl halides is 3. The zero-order valence-electron chi connectivity index (χ0n) is 7.96. The van der Waals surface area contributed by atoms with E-state index in [1.807, 2.05) is 0 Å². The largest absolute Gasteiger partial charge is 0.416 e. The molecule has 7 heteroatoms. The van der Waals surface area contributed by atoms with E-state index >= 15 is 0 Å². The summed E-state index contributed by atoms with van der Waals surface area (Å²) in [6.45, 7) is -0.746. The Labute approximate surface area is 95.5 Å². The molecular formula is C9H10ClF4NO. The lowest BCUT2D eigenvalue weighted by atomic mass is 10.0. The van der Waals surface area contributed by atoms with Gasteiger partial charge in [-0.1, -0.05) is 6.07 Å². The summed E-state index contributed by atoms with van der Waals surface area (Å²) in [4.78, 5) is 0. The average molecular weight is 260 g/mol. The Balaban J connectivity index is 0.00000225. The third-order valence-electron chi connectivity index (χ3n) is 1.93. The first-order valence-corrected chi connectivity index (χ1v) is 4.10. The van der Waals surface area contributed by atoms with E-state index in [9.17, 15) is 17.6 Å². The molecular weight excluding hydrogens is 250 g/mol. The lowest BCUT2D eigenvalue weighted by Gasteiger charge is -2.17. The molecule has 0 saturated carbocycles. The molecule has 1 atom stereocenters. The highest BCUT2D eigenvalue weighted by molar-refractivity contribution is 5.85. The quantitative estimate of drug-likeness (QED) is 0.801. The van der Waals surface area contributed by atoms with Crippen molar-refractivity contribution in [1.82, 2.24) is 0 Å². The lowest BCUT2D eigenvalue weighted by molar-refractivity contribution is -0.138. The molecule has 3 N–H and O–H groups in total. The molecule has 2 nitrogen and oxygen atoms in total. The average Bonchev–Trinajstić information content (AvgIpc) is 2.15. The van der Waals surface area contributed by atoms with Crippen LogP contribution < -0.4 is 5.73 Å². The van der Waals surface area contributed by atoms with Crippen LogP contribution in [0.15, 0.2) is 18.2 Å². The first-order valence-electron chi connectivity index (χ1n) is 4.10. The Morgan fingerprint density at radius 1 is 1.31 bits per heavy atom. The molecule has 92 valence electrons. The highest BCUT2D eigenvalue weighted by Gasteiger charge is 2.35. The van der Waals surface area contributed by atoms with Crippen molar-refractivity contribution in [3.63, 3.8) is 0 Å². The number of rotatable bonds is 2. The minimum Gasteiger partial charge on any atom is -0.394 e. The first-order chi connectivity index (χ1) is 6.88. The summed E-state index contributed by atoms with van der Waals surface area (Å²) in [7, 11) is 0. The Morgan fingerprint density at radius 2 is 1.88 bits per heavy atom. The van der Waals surface area contributed by atoms with Crippen LogP contribution >= 0.6 is 12.4 Å². The predicted molar refractivity (Wildman–Crippen MR) is 52.7 cm³/mol. The molecule has 0 aliphatic carbocycles. The lowest BCUT2D eigenvalue weighted by Crippen LogP contribution is -2.21. The number of halogens is 5. The first kappa shape index (κ1) is 15.2. The van der Waals surface area contributed by atoms with E-state index < -0.39 is 35.8 Å². The zero-order chi connectivity index (χ0) is 11.6. The molecule has 0 fully saturated rings. The van der Waals surface area contributed by atoms with Gasteiger partial charge in [0.15, 0.2) is 0 Å². The number of aliphatic hydroxyl groups is 1. The second-order valence-electron chi connectivity index (χ2n) is 2.99. The maximum absolute atomic E-state index is 13.1. The van der Waals surface area contributed by atoms with Gasteiger partial charge in [0.1, 0.15) is 5.82 Å². The van der Waals surface area contributed by atoms with Crippen molar-refractivity contribution in [1.29, 1.82) is 0 Å². The summed E-state index contributed by atoms with van der Waals surface area (Å²) >= 11 is 0. The highest BCUT2D eigenvalue weighted by atomic mass is 35.5. The van der Waals surface area contributed by atoms with E-state index in [1.165, 1.54) is 0 Å². The van der Waals surface area contributed by atoms with E-state index in [0.717, 1.165) is 18.2 Å². The molecule has 0 aliphatic rings. The summed E-state index contributed by atoms with van der Waals surface area (Å²) < 4.78 is 50.4. The molecule has 0 unspecified atom stereocenters. The standard InChI is InChI=1S/C9H9F4NO.ClH/c10-6-3-1-2-5(9(11,12)13)8(6)7(14)4-15;/h1-3,7,15H,4,14H2;1H/t7-;/m1./s1. The van der Waals surface area contributed by atoms with E-state index in [1.54, 1.807) is 0 Å². The Kier molecular flexibility index (Phi) is 5.18. The molecule has 0 radical (unpaired) electrons. The minimum absolute atomic E-state index is 0. The molecule has 0 saturated heterocycles. The number of aliphatic hydroxyl groups excluding tert-OH is 1. The highest BCUT2D eigenvalue weighted by Crippen LogP contribution is 2.35. The zero-order valence-corrected chi connectivity index (χ0v) is 8.78. The third-order valence-corrected chi connectivity index (χ3v) is 1.93. The van der Waals surface area contributed by atoms with Gasteiger partial charge in [-0.15, -0.1) is 12.4 Å². The van der Waals surface area contributed by atoms with Crippen LogP contribution in [0.5, 0.6) is 0 Å². The Bertz CT molecular complexity index is 356. The normalized spacial score (nSPS) is 13.1. The summed E-state index contributed by atoms with van der Waals surface area (Å²) in [5.41, 5.74) is 3.35. The smallest absolute Gasteiger partial charge is 0.394 e. The molecule has 0 bridgehead atoms. The van der Waals surface area contributed by atoms with Crippen LogP contribution in [0.4, 0.5) is 17.6 Å². The fourth-order valence-electron chi connectivity index (χ4n) is 1.25. The summed E-state index contributed by atoms with van der Waals surface area (Å²) in [5, 5.41) is 8.64. The van der Waals surface area contributed by atoms with Crippen LogP contribution in [0.1, 0.15) is 17.2 Å². The van der Waals surface area contributed by atoms with Crippen LogP contribution in [0.3, 0.4) is 0 Å². The van der Waals surface area contributed by atoms with Gasteiger partial charge in [-0.2, -0.15) is 13.2 Å². The fourth-order valence-corrected chi connectivity index (χ4v) is 1.25. The van der Waals surface area contributed by atoms with E-state index in [0.29, 0.717) is 0 Å². The second kappa shape index (κ2) is 5.47. The monoisotopic (exact) mass is 259 g/mol. The Hall–Kier alpha value is -0.850. The van der Waals surface area contributed by atoms with Crippen molar-refractivity contribution in [2.24, 2.45) is 5.73 Å². The number of hydrogen-bond acceptors (Lipinski definition) is 2. The van der Waals surface area contributed by atoms with Gasteiger partial charge in [0.05, 0.1) is 18.2 Å². The molecule has 1 aromatic carbocycles. The van der Waals surface area contributed by atoms with Gasteiger partial charge in [0, 0.05) is 5.56 Å². The molecule has 16 heavy (non-hydrogen) atoms. The second-order valence-corrected chi connectivity index (χ2v) is 2.99. The van der Waals surface area contributed by atoms with E-state index in [2.05, 4.69) is 0 Å². The van der Waals surface area contributed by atoms with Gasteiger partial charge in [0.2, 0.25) is 0 Å². The molecule has 1 rings (SSSR count). The van der Waals surface area contributed by atoms with Crippen molar-refractivity contribution in [2.45, 2.75) is 12.2 Å². The molecule has 0 spiro atoms. The van der Waals surface area contributed by atoms with Crippen LogP contribution in [-0.2, 0) is 6.18 Å². The fraction of sp³-hybridized carbons (Fsp3) is 0.333. The van der Waals surface area contributed by atoms with Gasteiger partial charge in [-0.25, -0.2) is 4.39 Å². The molecule has 0 aromatic heterocycles. The van der Waals surface area contributed by atoms with Gasteiger partial charge in [0.25, 0.3) is 0 Å². The molecule has 0 amide bonds.